The quantitative estimate of drug-likeness (QED) is 0.0204. The van der Waals surface area contributed by atoms with Crippen molar-refractivity contribution in [2.24, 2.45) is 0 Å². The van der Waals surface area contributed by atoms with Gasteiger partial charge in [0.2, 0.25) is 0 Å². The van der Waals surface area contributed by atoms with Gasteiger partial charge >= 0.3 is 17.9 Å². The highest BCUT2D eigenvalue weighted by Crippen LogP contribution is 2.12. The lowest BCUT2D eigenvalue weighted by atomic mass is 10.1. The first-order valence-corrected chi connectivity index (χ1v) is 22.4. The number of hydrogen-bond acceptors (Lipinski definition) is 6. The lowest BCUT2D eigenvalue weighted by molar-refractivity contribution is -0.167. The van der Waals surface area contributed by atoms with E-state index in [1.54, 1.807) is 0 Å². The van der Waals surface area contributed by atoms with E-state index in [1.165, 1.54) is 38.5 Å². The number of carbonyl (C=O) groups is 3. The summed E-state index contributed by atoms with van der Waals surface area (Å²) in [7, 11) is 0. The van der Waals surface area contributed by atoms with Crippen LogP contribution in [-0.4, -0.2) is 37.2 Å². The first kappa shape index (κ1) is 53.1. The van der Waals surface area contributed by atoms with Crippen LogP contribution in [0.2, 0.25) is 0 Å². The summed E-state index contributed by atoms with van der Waals surface area (Å²) in [6, 6.07) is 0. The molecule has 0 saturated heterocycles. The van der Waals surface area contributed by atoms with Gasteiger partial charge in [0.05, 0.1) is 0 Å². The normalized spacial score (nSPS) is 13.1. The Morgan fingerprint density at radius 1 is 0.386 bits per heavy atom. The maximum Gasteiger partial charge on any atom is 0.306 e. The molecule has 6 heteroatoms. The van der Waals surface area contributed by atoms with Crippen molar-refractivity contribution in [2.75, 3.05) is 13.2 Å². The van der Waals surface area contributed by atoms with E-state index in [-0.39, 0.29) is 44.0 Å². The van der Waals surface area contributed by atoms with Crippen LogP contribution >= 0.6 is 0 Å². The number of esters is 3. The number of ether oxygens (including phenoxy) is 3. The summed E-state index contributed by atoms with van der Waals surface area (Å²) in [5.41, 5.74) is 0. The number of unbranched alkanes of at least 4 members (excludes halogenated alkanes) is 12. The maximum absolute atomic E-state index is 12.7. The molecule has 1 atom stereocenters. The van der Waals surface area contributed by atoms with Gasteiger partial charge in [0.15, 0.2) is 6.10 Å². The molecule has 0 aromatic carbocycles. The molecule has 0 aliphatic heterocycles. The minimum absolute atomic E-state index is 0.113. The second-order valence-electron chi connectivity index (χ2n) is 14.3. The van der Waals surface area contributed by atoms with E-state index >= 15 is 0 Å². The van der Waals surface area contributed by atoms with Crippen LogP contribution < -0.4 is 0 Å². The van der Waals surface area contributed by atoms with Gasteiger partial charge in [-0.1, -0.05) is 188 Å². The fraction of sp³-hybridized carbons (Fsp3) is 0.588. The van der Waals surface area contributed by atoms with E-state index in [0.29, 0.717) is 19.3 Å². The van der Waals surface area contributed by atoms with Gasteiger partial charge in [-0.15, -0.1) is 0 Å². The molecule has 0 rings (SSSR count). The fourth-order valence-corrected chi connectivity index (χ4v) is 5.54. The number of allylic oxidation sites excluding steroid dienone is 18. The van der Waals surface area contributed by atoms with E-state index in [2.05, 4.69) is 93.7 Å². The highest BCUT2D eigenvalue weighted by atomic mass is 16.6. The van der Waals surface area contributed by atoms with Crippen LogP contribution in [0.3, 0.4) is 0 Å². The Morgan fingerprint density at radius 3 is 1.33 bits per heavy atom. The first-order chi connectivity index (χ1) is 28.0. The maximum atomic E-state index is 12.7. The molecule has 0 aromatic heterocycles. The van der Waals surface area contributed by atoms with Crippen LogP contribution in [0.4, 0.5) is 0 Å². The minimum Gasteiger partial charge on any atom is -0.462 e. The zero-order valence-corrected chi connectivity index (χ0v) is 36.3. The van der Waals surface area contributed by atoms with Crippen molar-refractivity contribution in [3.63, 3.8) is 0 Å². The molecule has 57 heavy (non-hydrogen) atoms. The molecule has 0 heterocycles. The largest absolute Gasteiger partial charge is 0.462 e. The second-order valence-corrected chi connectivity index (χ2v) is 14.3. The van der Waals surface area contributed by atoms with Crippen molar-refractivity contribution in [2.45, 2.75) is 181 Å². The fourth-order valence-electron chi connectivity index (χ4n) is 5.54. The van der Waals surface area contributed by atoms with Gasteiger partial charge in [-0.3, -0.25) is 14.4 Å². The predicted octanol–water partition coefficient (Wildman–Crippen LogP) is 14.4. The molecule has 0 aliphatic carbocycles. The molecular weight excluding hydrogens is 709 g/mol. The third kappa shape index (κ3) is 43.0. The van der Waals surface area contributed by atoms with Crippen LogP contribution in [0.25, 0.3) is 0 Å². The summed E-state index contributed by atoms with van der Waals surface area (Å²) < 4.78 is 16.6. The lowest BCUT2D eigenvalue weighted by Crippen LogP contribution is -2.30. The number of rotatable bonds is 38. The van der Waals surface area contributed by atoms with Gasteiger partial charge in [0.25, 0.3) is 0 Å². The molecule has 0 spiro atoms. The average molecular weight is 789 g/mol. The van der Waals surface area contributed by atoms with E-state index in [0.717, 1.165) is 83.5 Å². The monoisotopic (exact) mass is 789 g/mol. The summed E-state index contributed by atoms with van der Waals surface area (Å²) >= 11 is 0. The van der Waals surface area contributed by atoms with Crippen molar-refractivity contribution in [3.8, 4) is 0 Å². The van der Waals surface area contributed by atoms with Crippen molar-refractivity contribution < 1.29 is 28.6 Å². The molecule has 0 radical (unpaired) electrons. The van der Waals surface area contributed by atoms with Crippen molar-refractivity contribution in [1.29, 1.82) is 0 Å². The highest BCUT2D eigenvalue weighted by molar-refractivity contribution is 5.71. The van der Waals surface area contributed by atoms with E-state index in [9.17, 15) is 14.4 Å². The Morgan fingerprint density at radius 2 is 0.789 bits per heavy atom. The number of hydrogen-bond donors (Lipinski definition) is 0. The third-order valence-electron chi connectivity index (χ3n) is 8.87. The van der Waals surface area contributed by atoms with Crippen molar-refractivity contribution in [1.82, 2.24) is 0 Å². The van der Waals surface area contributed by atoms with Crippen LogP contribution in [0.1, 0.15) is 175 Å². The Kier molecular flexibility index (Phi) is 41.7. The van der Waals surface area contributed by atoms with Gasteiger partial charge in [0, 0.05) is 19.3 Å². The van der Waals surface area contributed by atoms with Gasteiger partial charge in [-0.2, -0.15) is 0 Å². The Hall–Kier alpha value is -3.93. The van der Waals surface area contributed by atoms with Gasteiger partial charge in [-0.05, 0) is 77.0 Å². The zero-order valence-electron chi connectivity index (χ0n) is 36.3. The van der Waals surface area contributed by atoms with Gasteiger partial charge < -0.3 is 14.2 Å². The Labute approximate surface area is 349 Å². The summed E-state index contributed by atoms with van der Waals surface area (Å²) in [5, 5.41) is 0. The molecule has 0 aromatic rings. The second kappa shape index (κ2) is 44.8. The van der Waals surface area contributed by atoms with Crippen molar-refractivity contribution >= 4 is 17.9 Å². The molecule has 0 fully saturated rings. The molecule has 0 aliphatic rings. The van der Waals surface area contributed by atoms with Crippen molar-refractivity contribution in [3.05, 3.63) is 109 Å². The van der Waals surface area contributed by atoms with Gasteiger partial charge in [-0.25, -0.2) is 0 Å². The van der Waals surface area contributed by atoms with Crippen LogP contribution in [0, 0.1) is 0 Å². The molecular formula is C51H80O6. The average Bonchev–Trinajstić information content (AvgIpc) is 3.21. The first-order valence-electron chi connectivity index (χ1n) is 22.4. The summed E-state index contributed by atoms with van der Waals surface area (Å²) in [6.45, 7) is 6.24. The minimum atomic E-state index is -0.819. The number of carbonyl (C=O) groups excluding carboxylic acids is 3. The molecule has 320 valence electrons. The predicted molar refractivity (Wildman–Crippen MR) is 242 cm³/mol. The van der Waals surface area contributed by atoms with Crippen LogP contribution in [0.5, 0.6) is 0 Å². The summed E-state index contributed by atoms with van der Waals surface area (Å²) in [5.74, 6) is -1.03. The van der Waals surface area contributed by atoms with E-state index in [4.69, 9.17) is 14.2 Å². The Balaban J connectivity index is 4.54. The third-order valence-corrected chi connectivity index (χ3v) is 8.87. The highest BCUT2D eigenvalue weighted by Gasteiger charge is 2.19. The molecule has 0 N–H and O–H groups in total. The zero-order chi connectivity index (χ0) is 41.5. The summed E-state index contributed by atoms with van der Waals surface area (Å²) in [6.07, 6.45) is 59.4. The smallest absolute Gasteiger partial charge is 0.306 e. The Bertz CT molecular complexity index is 1230. The molecule has 0 amide bonds. The van der Waals surface area contributed by atoms with E-state index in [1.807, 2.05) is 36.5 Å². The van der Waals surface area contributed by atoms with Crippen LogP contribution in [-0.2, 0) is 28.6 Å². The molecule has 0 bridgehead atoms. The summed E-state index contributed by atoms with van der Waals surface area (Å²) in [4.78, 5) is 37.7. The standard InChI is InChI=1S/C51H80O6/c1-4-7-10-13-16-19-21-23-24-25-26-28-29-32-35-38-41-44-50(53)56-47-48(46-55-49(52)43-40-37-34-31-18-15-12-9-6-3)57-51(54)45-42-39-36-33-30-27-22-20-17-14-11-8-5-2/h7-8,10-11,14,16-17,19-20,22-24,26-28,30,32,35,48H,4-6,9,12-13,15,18,21,25,29,31,33-34,36-47H2,1-3H3/b10-7-,11-8-,17-14-,19-16-,22-20-,24-23-,28-26-,30-27-,35-32-. The lowest BCUT2D eigenvalue weighted by Gasteiger charge is -2.18. The topological polar surface area (TPSA) is 78.9 Å². The van der Waals surface area contributed by atoms with Crippen LogP contribution in [0.15, 0.2) is 109 Å². The SMILES string of the molecule is CC\C=C/C=C\C=C/C=C\CCCCCC(=O)OC(COC(=O)CCC/C=C\C/C=C\C/C=C\C/C=C\C/C=C\CC)COC(=O)CCCCCCCCCCC. The molecule has 0 saturated carbocycles. The van der Waals surface area contributed by atoms with Gasteiger partial charge in [0.1, 0.15) is 13.2 Å². The van der Waals surface area contributed by atoms with E-state index < -0.39 is 6.10 Å². The molecule has 6 nitrogen and oxygen atoms in total. The molecule has 1 unspecified atom stereocenters.